The number of ether oxygens (including phenoxy) is 1. The van der Waals surface area contributed by atoms with Gasteiger partial charge < -0.3 is 14.9 Å². The molecule has 2 N–H and O–H groups in total. The van der Waals surface area contributed by atoms with E-state index in [0.717, 1.165) is 51.1 Å². The maximum Gasteiger partial charge on any atom is 0.155 e. The average molecular weight is 441 g/mol. The van der Waals surface area contributed by atoms with E-state index in [-0.39, 0.29) is 17.6 Å². The molecule has 0 aromatic heterocycles. The molecular formula is C26H36N2O4. The smallest absolute Gasteiger partial charge is 0.155 e. The molecule has 4 aliphatic rings. The maximum atomic E-state index is 12.1. The molecule has 1 saturated carbocycles. The maximum absolute atomic E-state index is 12.1. The number of β-amino-alcohol motifs (C(OH)–C–C–N with tert-alkyl or cyclic N) is 1. The van der Waals surface area contributed by atoms with E-state index in [1.54, 1.807) is 6.08 Å². The molecule has 4 unspecified atom stereocenters. The molecule has 0 spiro atoms. The zero-order valence-electron chi connectivity index (χ0n) is 19.2. The number of aliphatic hydroxyl groups is 2. The number of carbonyl (C=O) groups is 1. The molecule has 2 aliphatic carbocycles. The Morgan fingerprint density at radius 1 is 1.06 bits per heavy atom. The number of nitrogens with zero attached hydrogens (tertiary/aromatic N) is 2. The molecule has 1 aromatic carbocycles. The second kappa shape index (κ2) is 8.33. The van der Waals surface area contributed by atoms with E-state index in [2.05, 4.69) is 34.1 Å². The monoisotopic (exact) mass is 440 g/mol. The van der Waals surface area contributed by atoms with Gasteiger partial charge in [-0.15, -0.1) is 0 Å². The van der Waals surface area contributed by atoms with Gasteiger partial charge in [0.15, 0.2) is 5.78 Å². The van der Waals surface area contributed by atoms with Crippen molar-refractivity contribution in [2.45, 2.75) is 63.1 Å². The summed E-state index contributed by atoms with van der Waals surface area (Å²) in [5, 5.41) is 24.0. The largest absolute Gasteiger partial charge is 0.383 e. The number of fused-ring (bicyclic) bond motifs is 3. The van der Waals surface area contributed by atoms with E-state index in [4.69, 9.17) is 4.74 Å². The summed E-state index contributed by atoms with van der Waals surface area (Å²) >= 11 is 0. The van der Waals surface area contributed by atoms with Gasteiger partial charge in [0.1, 0.15) is 17.3 Å². The highest BCUT2D eigenvalue weighted by molar-refractivity contribution is 5.91. The molecule has 6 atom stereocenters. The fourth-order valence-corrected chi connectivity index (χ4v) is 6.54. The highest BCUT2D eigenvalue weighted by Gasteiger charge is 2.69. The van der Waals surface area contributed by atoms with Gasteiger partial charge in [0.2, 0.25) is 0 Å². The van der Waals surface area contributed by atoms with Gasteiger partial charge in [0.25, 0.3) is 0 Å². The molecule has 2 saturated heterocycles. The van der Waals surface area contributed by atoms with Crippen molar-refractivity contribution in [3.8, 4) is 0 Å². The number of hydrogen-bond donors (Lipinski definition) is 2. The second-order valence-electron chi connectivity index (χ2n) is 10.4. The lowest BCUT2D eigenvalue weighted by Gasteiger charge is -2.52. The van der Waals surface area contributed by atoms with E-state index >= 15 is 0 Å². The second-order valence-corrected chi connectivity index (χ2v) is 10.4. The molecule has 6 nitrogen and oxygen atoms in total. The van der Waals surface area contributed by atoms with Gasteiger partial charge in [-0.2, -0.15) is 0 Å². The van der Waals surface area contributed by atoms with Gasteiger partial charge in [-0.3, -0.25) is 14.6 Å². The van der Waals surface area contributed by atoms with Gasteiger partial charge in [-0.1, -0.05) is 37.3 Å². The van der Waals surface area contributed by atoms with Gasteiger partial charge in [-0.05, 0) is 48.8 Å². The number of rotatable bonds is 4. The summed E-state index contributed by atoms with van der Waals surface area (Å²) in [5.74, 6) is 0.274. The fourth-order valence-electron chi connectivity index (χ4n) is 6.54. The van der Waals surface area contributed by atoms with Gasteiger partial charge in [0.05, 0.1) is 6.10 Å². The highest BCUT2D eigenvalue weighted by atomic mass is 16.6. The Balaban J connectivity index is 1.30. The minimum atomic E-state index is -1.38. The number of piperazine rings is 1. The standard InChI is InChI=1S/C26H36N2O4/c1-18-14-21-8-9-22(29)15-23(21)24-26(18,31)25(30,19(2)32-24)17-28-12-10-27(11-13-28)16-20-6-4-3-5-7-20/h3-7,15,18-19,21,24,30-31H,8-14,16-17H2,1-2H3/t18?,19?,21-,24+,25?,26?/m1/s1. The van der Waals surface area contributed by atoms with Crippen molar-refractivity contribution in [2.75, 3.05) is 32.7 Å². The Morgan fingerprint density at radius 3 is 2.47 bits per heavy atom. The van der Waals surface area contributed by atoms with E-state index in [0.29, 0.717) is 13.0 Å². The summed E-state index contributed by atoms with van der Waals surface area (Å²) in [6.45, 7) is 8.78. The van der Waals surface area contributed by atoms with Crippen molar-refractivity contribution < 1.29 is 19.7 Å². The molecule has 0 bridgehead atoms. The van der Waals surface area contributed by atoms with Crippen LogP contribution < -0.4 is 0 Å². The third-order valence-corrected chi connectivity index (χ3v) is 8.51. The van der Waals surface area contributed by atoms with Crippen LogP contribution in [0.1, 0.15) is 38.7 Å². The minimum absolute atomic E-state index is 0.0998. The Kier molecular flexibility index (Phi) is 5.79. The van der Waals surface area contributed by atoms with Crippen LogP contribution >= 0.6 is 0 Å². The van der Waals surface area contributed by atoms with Crippen LogP contribution in [0.15, 0.2) is 42.0 Å². The first kappa shape index (κ1) is 22.2. The highest BCUT2D eigenvalue weighted by Crippen LogP contribution is 2.55. The molecule has 2 aliphatic heterocycles. The first-order valence-electron chi connectivity index (χ1n) is 12.1. The van der Waals surface area contributed by atoms with Crippen LogP contribution in [0.4, 0.5) is 0 Å². The minimum Gasteiger partial charge on any atom is -0.383 e. The summed E-state index contributed by atoms with van der Waals surface area (Å²) in [7, 11) is 0. The lowest BCUT2D eigenvalue weighted by molar-refractivity contribution is -0.186. The summed E-state index contributed by atoms with van der Waals surface area (Å²) in [4.78, 5) is 16.8. The first-order valence-corrected chi connectivity index (χ1v) is 12.1. The first-order chi connectivity index (χ1) is 15.3. The molecular weight excluding hydrogens is 404 g/mol. The molecule has 2 heterocycles. The summed E-state index contributed by atoms with van der Waals surface area (Å²) in [5.41, 5.74) is -0.536. The van der Waals surface area contributed by atoms with Crippen molar-refractivity contribution in [3.05, 3.63) is 47.5 Å². The lowest BCUT2D eigenvalue weighted by Crippen LogP contribution is -2.69. The third-order valence-electron chi connectivity index (χ3n) is 8.51. The van der Waals surface area contributed by atoms with E-state index in [9.17, 15) is 15.0 Å². The van der Waals surface area contributed by atoms with Crippen molar-refractivity contribution in [1.29, 1.82) is 0 Å². The van der Waals surface area contributed by atoms with Crippen LogP contribution in [0.3, 0.4) is 0 Å². The molecule has 1 aromatic rings. The van der Waals surface area contributed by atoms with Gasteiger partial charge in [0, 0.05) is 45.7 Å². The van der Waals surface area contributed by atoms with Crippen molar-refractivity contribution >= 4 is 5.78 Å². The van der Waals surface area contributed by atoms with Crippen LogP contribution in [0.2, 0.25) is 0 Å². The Labute approximate surface area is 190 Å². The predicted molar refractivity (Wildman–Crippen MR) is 122 cm³/mol. The van der Waals surface area contributed by atoms with Crippen LogP contribution in [0.25, 0.3) is 0 Å². The average Bonchev–Trinajstić information content (AvgIpc) is 2.99. The van der Waals surface area contributed by atoms with E-state index in [1.165, 1.54) is 5.56 Å². The van der Waals surface area contributed by atoms with Gasteiger partial charge in [-0.25, -0.2) is 0 Å². The molecule has 174 valence electrons. The summed E-state index contributed by atoms with van der Waals surface area (Å²) in [6.07, 6.45) is 2.77. The number of hydrogen-bond acceptors (Lipinski definition) is 6. The zero-order valence-corrected chi connectivity index (χ0v) is 19.2. The molecule has 3 fully saturated rings. The van der Waals surface area contributed by atoms with Gasteiger partial charge >= 0.3 is 0 Å². The Bertz CT molecular complexity index is 881. The molecule has 6 heteroatoms. The van der Waals surface area contributed by atoms with E-state index in [1.807, 2.05) is 19.9 Å². The Morgan fingerprint density at radius 2 is 1.75 bits per heavy atom. The lowest BCUT2D eigenvalue weighted by atomic mass is 9.59. The van der Waals surface area contributed by atoms with Crippen LogP contribution in [-0.4, -0.2) is 81.9 Å². The number of benzene rings is 1. The number of ketones is 1. The fraction of sp³-hybridized carbons (Fsp3) is 0.654. The quantitative estimate of drug-likeness (QED) is 0.746. The summed E-state index contributed by atoms with van der Waals surface area (Å²) in [6, 6.07) is 10.5. The Hall–Kier alpha value is -1.57. The topological polar surface area (TPSA) is 73.2 Å². The zero-order chi connectivity index (χ0) is 22.5. The molecule has 32 heavy (non-hydrogen) atoms. The normalized spacial score (nSPS) is 40.6. The van der Waals surface area contributed by atoms with Crippen molar-refractivity contribution in [2.24, 2.45) is 11.8 Å². The molecule has 0 amide bonds. The van der Waals surface area contributed by atoms with Crippen LogP contribution in [-0.2, 0) is 16.1 Å². The molecule has 5 rings (SSSR count). The van der Waals surface area contributed by atoms with Crippen molar-refractivity contribution in [3.63, 3.8) is 0 Å². The van der Waals surface area contributed by atoms with E-state index < -0.39 is 23.4 Å². The summed E-state index contributed by atoms with van der Waals surface area (Å²) < 4.78 is 6.26. The van der Waals surface area contributed by atoms with Crippen LogP contribution in [0.5, 0.6) is 0 Å². The number of allylic oxidation sites excluding steroid dienone is 1. The SMILES string of the molecule is CC1O[C@H]2C3=CC(=O)CC[C@@H]3CC(C)C2(O)C1(O)CN1CCN(Cc2ccccc2)CC1. The van der Waals surface area contributed by atoms with Crippen molar-refractivity contribution in [1.82, 2.24) is 9.80 Å². The third kappa shape index (κ3) is 3.57. The predicted octanol–water partition coefficient (Wildman–Crippen LogP) is 2.00. The molecule has 0 radical (unpaired) electrons. The number of carbonyl (C=O) groups excluding carboxylic acids is 1. The van der Waals surface area contributed by atoms with Crippen LogP contribution in [0, 0.1) is 11.8 Å².